The van der Waals surface area contributed by atoms with Crippen molar-refractivity contribution in [1.29, 1.82) is 0 Å². The first-order valence-corrected chi connectivity index (χ1v) is 10.5. The van der Waals surface area contributed by atoms with Gasteiger partial charge in [0.15, 0.2) is 0 Å². The van der Waals surface area contributed by atoms with E-state index in [1.165, 1.54) is 0 Å². The summed E-state index contributed by atoms with van der Waals surface area (Å²) >= 11 is 0. The molecule has 5 aromatic rings. The van der Waals surface area contributed by atoms with Gasteiger partial charge < -0.3 is 4.90 Å². The zero-order chi connectivity index (χ0) is 21.6. The van der Waals surface area contributed by atoms with Crippen LogP contribution in [0.25, 0.3) is 0 Å². The van der Waals surface area contributed by atoms with Crippen molar-refractivity contribution in [2.75, 3.05) is 9.80 Å². The van der Waals surface area contributed by atoms with Crippen molar-refractivity contribution >= 4 is 34.4 Å². The Morgan fingerprint density at radius 1 is 0.344 bits per heavy atom. The zero-order valence-electron chi connectivity index (χ0n) is 17.5. The number of anilines is 6. The Morgan fingerprint density at radius 3 is 1.12 bits per heavy atom. The largest absolute Gasteiger partial charge is 0.311 e. The minimum atomic E-state index is 0.821. The van der Waals surface area contributed by atoms with Gasteiger partial charge in [-0.15, -0.1) is 0 Å². The topological polar surface area (TPSA) is 32.3 Å². The standard InChI is InChI=1S/C28H22N4/c1-3-11-23(12-4-1)31(24-13-5-2-6-14-24)25-17-19-26(20-18-25)32(27-15-7-9-21-29-27)28-16-8-10-22-30-28/h1-22H. The number of hydrogen-bond acceptors (Lipinski definition) is 4. The highest BCUT2D eigenvalue weighted by atomic mass is 15.2. The number of hydrogen-bond donors (Lipinski definition) is 0. The highest BCUT2D eigenvalue weighted by Gasteiger charge is 2.16. The first kappa shape index (κ1) is 19.5. The van der Waals surface area contributed by atoms with Crippen LogP contribution in [0.5, 0.6) is 0 Å². The van der Waals surface area contributed by atoms with E-state index in [1.807, 2.05) is 48.5 Å². The van der Waals surface area contributed by atoms with Gasteiger partial charge in [0.25, 0.3) is 0 Å². The summed E-state index contributed by atoms with van der Waals surface area (Å²) in [6, 6.07) is 41.1. The smallest absolute Gasteiger partial charge is 0.138 e. The van der Waals surface area contributed by atoms with Crippen LogP contribution >= 0.6 is 0 Å². The van der Waals surface area contributed by atoms with Crippen molar-refractivity contribution in [2.45, 2.75) is 0 Å². The molecular weight excluding hydrogens is 392 g/mol. The summed E-state index contributed by atoms with van der Waals surface area (Å²) in [6.07, 6.45) is 3.60. The van der Waals surface area contributed by atoms with Gasteiger partial charge in [-0.1, -0.05) is 48.5 Å². The number of benzene rings is 3. The van der Waals surface area contributed by atoms with Crippen molar-refractivity contribution in [1.82, 2.24) is 9.97 Å². The van der Waals surface area contributed by atoms with E-state index in [4.69, 9.17) is 0 Å². The molecule has 0 bridgehead atoms. The average Bonchev–Trinajstić information content (AvgIpc) is 2.88. The van der Waals surface area contributed by atoms with E-state index in [9.17, 15) is 0 Å². The Kier molecular flexibility index (Phi) is 5.58. The number of nitrogens with zero attached hydrogens (tertiary/aromatic N) is 4. The predicted octanol–water partition coefficient (Wildman–Crippen LogP) is 7.42. The molecule has 0 amide bonds. The van der Waals surface area contributed by atoms with E-state index in [2.05, 4.69) is 92.6 Å². The van der Waals surface area contributed by atoms with Gasteiger partial charge in [-0.3, -0.25) is 4.90 Å². The van der Waals surface area contributed by atoms with Crippen molar-refractivity contribution < 1.29 is 0 Å². The van der Waals surface area contributed by atoms with Crippen LogP contribution in [0.1, 0.15) is 0 Å². The molecule has 2 aromatic heterocycles. The summed E-state index contributed by atoms with van der Waals surface area (Å²) in [5.41, 5.74) is 4.29. The Balaban J connectivity index is 1.57. The van der Waals surface area contributed by atoms with Crippen molar-refractivity contribution in [3.8, 4) is 0 Å². The minimum absolute atomic E-state index is 0.821. The molecule has 154 valence electrons. The summed E-state index contributed by atoms with van der Waals surface area (Å²) in [5, 5.41) is 0. The van der Waals surface area contributed by atoms with Crippen LogP contribution < -0.4 is 9.80 Å². The van der Waals surface area contributed by atoms with Crippen LogP contribution in [0, 0.1) is 0 Å². The maximum Gasteiger partial charge on any atom is 0.138 e. The second kappa shape index (κ2) is 9.14. The highest BCUT2D eigenvalue weighted by Crippen LogP contribution is 2.37. The number of para-hydroxylation sites is 2. The fourth-order valence-electron chi connectivity index (χ4n) is 3.71. The van der Waals surface area contributed by atoms with Gasteiger partial charge >= 0.3 is 0 Å². The van der Waals surface area contributed by atoms with Gasteiger partial charge in [-0.05, 0) is 72.8 Å². The molecule has 0 N–H and O–H groups in total. The molecule has 0 aliphatic heterocycles. The molecule has 0 saturated heterocycles. The van der Waals surface area contributed by atoms with Crippen LogP contribution in [0.15, 0.2) is 134 Å². The molecular formula is C28H22N4. The molecule has 0 aliphatic rings. The maximum atomic E-state index is 4.56. The molecule has 3 aromatic carbocycles. The monoisotopic (exact) mass is 414 g/mol. The quantitative estimate of drug-likeness (QED) is 0.289. The lowest BCUT2D eigenvalue weighted by Crippen LogP contribution is -2.13. The van der Waals surface area contributed by atoms with E-state index in [0.717, 1.165) is 34.4 Å². The predicted molar refractivity (Wildman–Crippen MR) is 131 cm³/mol. The van der Waals surface area contributed by atoms with Gasteiger partial charge in [0.2, 0.25) is 0 Å². The summed E-state index contributed by atoms with van der Waals surface area (Å²) in [7, 11) is 0. The van der Waals surface area contributed by atoms with Crippen LogP contribution in [0.2, 0.25) is 0 Å². The van der Waals surface area contributed by atoms with Crippen LogP contribution in [-0.2, 0) is 0 Å². The molecule has 0 fully saturated rings. The van der Waals surface area contributed by atoms with Crippen LogP contribution in [0.3, 0.4) is 0 Å². The minimum Gasteiger partial charge on any atom is -0.311 e. The maximum absolute atomic E-state index is 4.56. The van der Waals surface area contributed by atoms with E-state index in [-0.39, 0.29) is 0 Å². The van der Waals surface area contributed by atoms with E-state index in [0.29, 0.717) is 0 Å². The average molecular weight is 415 g/mol. The second-order valence-electron chi connectivity index (χ2n) is 7.23. The molecule has 32 heavy (non-hydrogen) atoms. The molecule has 4 nitrogen and oxygen atoms in total. The first-order chi connectivity index (χ1) is 15.9. The number of aromatic nitrogens is 2. The van der Waals surface area contributed by atoms with Gasteiger partial charge in [0.1, 0.15) is 11.6 Å². The van der Waals surface area contributed by atoms with E-state index >= 15 is 0 Å². The third-order valence-electron chi connectivity index (χ3n) is 5.15. The fraction of sp³-hybridized carbons (Fsp3) is 0. The van der Waals surface area contributed by atoms with E-state index < -0.39 is 0 Å². The van der Waals surface area contributed by atoms with Gasteiger partial charge in [0, 0.05) is 35.1 Å². The summed E-state index contributed by atoms with van der Waals surface area (Å²) < 4.78 is 0. The molecule has 0 unspecified atom stereocenters. The van der Waals surface area contributed by atoms with Crippen molar-refractivity contribution in [2.24, 2.45) is 0 Å². The Hall–Kier alpha value is -4.44. The third kappa shape index (κ3) is 4.07. The van der Waals surface area contributed by atoms with Crippen molar-refractivity contribution in [3.63, 3.8) is 0 Å². The first-order valence-electron chi connectivity index (χ1n) is 10.5. The molecule has 0 atom stereocenters. The van der Waals surface area contributed by atoms with Crippen molar-refractivity contribution in [3.05, 3.63) is 134 Å². The Labute approximate surface area is 188 Å². The Bertz CT molecular complexity index is 1060. The summed E-state index contributed by atoms with van der Waals surface area (Å²) in [6.45, 7) is 0. The van der Waals surface area contributed by atoms with Crippen LogP contribution in [0.4, 0.5) is 34.4 Å². The molecule has 5 rings (SSSR count). The fourth-order valence-corrected chi connectivity index (χ4v) is 3.71. The van der Waals surface area contributed by atoms with Gasteiger partial charge in [-0.25, -0.2) is 9.97 Å². The Morgan fingerprint density at radius 2 is 0.719 bits per heavy atom. The van der Waals surface area contributed by atoms with Gasteiger partial charge in [-0.2, -0.15) is 0 Å². The van der Waals surface area contributed by atoms with E-state index in [1.54, 1.807) is 12.4 Å². The summed E-state index contributed by atoms with van der Waals surface area (Å²) in [4.78, 5) is 13.4. The second-order valence-corrected chi connectivity index (χ2v) is 7.23. The lowest BCUT2D eigenvalue weighted by molar-refractivity contribution is 1.12. The normalized spacial score (nSPS) is 10.5. The van der Waals surface area contributed by atoms with Crippen LogP contribution in [-0.4, -0.2) is 9.97 Å². The number of rotatable bonds is 6. The lowest BCUT2D eigenvalue weighted by Gasteiger charge is -2.27. The molecule has 2 heterocycles. The SMILES string of the molecule is c1ccc(N(c2ccccc2)c2ccc(N(c3ccccn3)c3ccccn3)cc2)cc1. The summed E-state index contributed by atoms with van der Waals surface area (Å²) in [5.74, 6) is 1.64. The molecule has 0 spiro atoms. The molecule has 0 radical (unpaired) electrons. The molecule has 0 aliphatic carbocycles. The number of pyridine rings is 2. The lowest BCUT2D eigenvalue weighted by atomic mass is 10.1. The molecule has 4 heteroatoms. The third-order valence-corrected chi connectivity index (χ3v) is 5.15. The van der Waals surface area contributed by atoms with Gasteiger partial charge in [0.05, 0.1) is 0 Å². The zero-order valence-corrected chi connectivity index (χ0v) is 17.5. The molecule has 0 saturated carbocycles. The highest BCUT2D eigenvalue weighted by molar-refractivity contribution is 5.79.